The Balaban J connectivity index is 2.01. The van der Waals surface area contributed by atoms with Crippen molar-refractivity contribution in [1.82, 2.24) is 0 Å². The van der Waals surface area contributed by atoms with Gasteiger partial charge in [-0.3, -0.25) is 4.79 Å². The van der Waals surface area contributed by atoms with Crippen LogP contribution in [-0.2, 0) is 35.8 Å². The number of allylic oxidation sites excluding steroid dienone is 1. The van der Waals surface area contributed by atoms with Crippen LogP contribution in [-0.4, -0.2) is 46.0 Å². The van der Waals surface area contributed by atoms with Crippen LogP contribution >= 0.6 is 0 Å². The fraction of sp³-hybridized carbons (Fsp3) is 0.571. The van der Waals surface area contributed by atoms with E-state index in [4.69, 9.17) is 28.4 Å². The van der Waals surface area contributed by atoms with Gasteiger partial charge < -0.3 is 28.4 Å². The summed E-state index contributed by atoms with van der Waals surface area (Å²) in [5.41, 5.74) is 0.754. The van der Waals surface area contributed by atoms with Crippen molar-refractivity contribution in [3.63, 3.8) is 0 Å². The summed E-state index contributed by atoms with van der Waals surface area (Å²) in [6.07, 6.45) is 3.21. The topological polar surface area (TPSA) is 72.5 Å². The lowest BCUT2D eigenvalue weighted by molar-refractivity contribution is -0.154. The minimum atomic E-state index is -0.893. The van der Waals surface area contributed by atoms with Crippen LogP contribution in [0.1, 0.15) is 37.3 Å². The lowest BCUT2D eigenvalue weighted by atomic mass is 9.72. The Kier molecular flexibility index (Phi) is 6.40. The van der Waals surface area contributed by atoms with E-state index < -0.39 is 11.2 Å². The molecule has 0 aliphatic carbocycles. The van der Waals surface area contributed by atoms with Gasteiger partial charge in [-0.25, -0.2) is 0 Å². The summed E-state index contributed by atoms with van der Waals surface area (Å²) in [6.45, 7) is 7.32. The minimum Gasteiger partial charge on any atom is -0.493 e. The molecule has 2 heterocycles. The van der Waals surface area contributed by atoms with Gasteiger partial charge in [0.15, 0.2) is 17.3 Å². The standard InChI is InChI=1S/C21H28O7/c1-5-8-21(10-9-20(2)26-11-12-27-20)17-15(13-25-14-23-3)6-7-16(24-4)18(17)28-19(21)22/h5-7H,1,8-14H2,2-4H3. The number of benzene rings is 1. The Morgan fingerprint density at radius 2 is 1.96 bits per heavy atom. The molecule has 0 aromatic heterocycles. The van der Waals surface area contributed by atoms with Gasteiger partial charge >= 0.3 is 5.97 Å². The zero-order valence-corrected chi connectivity index (χ0v) is 16.7. The molecule has 7 heteroatoms. The van der Waals surface area contributed by atoms with E-state index in [1.807, 2.05) is 13.0 Å². The van der Waals surface area contributed by atoms with Crippen LogP contribution in [0.25, 0.3) is 0 Å². The van der Waals surface area contributed by atoms with Crippen molar-refractivity contribution in [2.45, 2.75) is 44.0 Å². The van der Waals surface area contributed by atoms with Crippen molar-refractivity contribution in [2.75, 3.05) is 34.2 Å². The lowest BCUT2D eigenvalue weighted by Crippen LogP contribution is -2.37. The molecule has 1 unspecified atom stereocenters. The fourth-order valence-corrected chi connectivity index (χ4v) is 3.94. The number of carbonyl (C=O) groups is 1. The van der Waals surface area contributed by atoms with Gasteiger partial charge in [-0.05, 0) is 31.4 Å². The highest BCUT2D eigenvalue weighted by Gasteiger charge is 2.52. The lowest BCUT2D eigenvalue weighted by Gasteiger charge is -2.30. The molecule has 1 aromatic rings. The monoisotopic (exact) mass is 392 g/mol. The summed E-state index contributed by atoms with van der Waals surface area (Å²) in [4.78, 5) is 13.1. The zero-order valence-electron chi connectivity index (χ0n) is 16.7. The van der Waals surface area contributed by atoms with E-state index >= 15 is 0 Å². The molecule has 3 rings (SSSR count). The molecular weight excluding hydrogens is 364 g/mol. The second kappa shape index (κ2) is 8.61. The molecule has 0 bridgehead atoms. The SMILES string of the molecule is C=CCC1(CCC2(C)OCCO2)C(=O)Oc2c(OC)ccc(COCOC)c21. The number of methoxy groups -OCH3 is 2. The normalized spacial score (nSPS) is 22.8. The van der Waals surface area contributed by atoms with E-state index in [-0.39, 0.29) is 12.8 Å². The van der Waals surface area contributed by atoms with E-state index in [1.54, 1.807) is 26.4 Å². The average molecular weight is 392 g/mol. The molecule has 1 aromatic carbocycles. The molecular formula is C21H28O7. The second-order valence-corrected chi connectivity index (χ2v) is 7.18. The minimum absolute atomic E-state index is 0.157. The molecule has 2 aliphatic rings. The van der Waals surface area contributed by atoms with E-state index in [9.17, 15) is 4.79 Å². The number of carbonyl (C=O) groups excluding carboxylic acids is 1. The third-order valence-corrected chi connectivity index (χ3v) is 5.35. The Hall–Kier alpha value is -1.93. The highest BCUT2D eigenvalue weighted by atomic mass is 16.7. The van der Waals surface area contributed by atoms with E-state index in [0.717, 1.165) is 11.1 Å². The second-order valence-electron chi connectivity index (χ2n) is 7.18. The molecule has 1 atom stereocenters. The molecule has 0 amide bonds. The van der Waals surface area contributed by atoms with Crippen molar-refractivity contribution in [3.8, 4) is 11.5 Å². The average Bonchev–Trinajstić information content (AvgIpc) is 3.24. The van der Waals surface area contributed by atoms with Gasteiger partial charge in [0.05, 0.1) is 26.9 Å². The van der Waals surface area contributed by atoms with Crippen LogP contribution in [0.15, 0.2) is 24.8 Å². The Morgan fingerprint density at radius 1 is 1.21 bits per heavy atom. The van der Waals surface area contributed by atoms with Gasteiger partial charge in [0.1, 0.15) is 12.2 Å². The van der Waals surface area contributed by atoms with Gasteiger partial charge in [0, 0.05) is 19.1 Å². The summed E-state index contributed by atoms with van der Waals surface area (Å²) in [5, 5.41) is 0. The number of rotatable bonds is 10. The van der Waals surface area contributed by atoms with Crippen molar-refractivity contribution in [3.05, 3.63) is 35.9 Å². The van der Waals surface area contributed by atoms with Crippen LogP contribution in [0.4, 0.5) is 0 Å². The van der Waals surface area contributed by atoms with Crippen LogP contribution in [0.2, 0.25) is 0 Å². The third kappa shape index (κ3) is 3.80. The molecule has 0 saturated carbocycles. The first kappa shape index (κ1) is 20.8. The number of fused-ring (bicyclic) bond motifs is 1. The van der Waals surface area contributed by atoms with Crippen molar-refractivity contribution in [1.29, 1.82) is 0 Å². The Bertz CT molecular complexity index is 724. The van der Waals surface area contributed by atoms with Gasteiger partial charge in [-0.1, -0.05) is 12.1 Å². The Morgan fingerprint density at radius 3 is 2.61 bits per heavy atom. The smallest absolute Gasteiger partial charge is 0.322 e. The predicted octanol–water partition coefficient (Wildman–Crippen LogP) is 3.09. The van der Waals surface area contributed by atoms with E-state index in [2.05, 4.69) is 6.58 Å². The van der Waals surface area contributed by atoms with Gasteiger partial charge in [0.2, 0.25) is 0 Å². The van der Waals surface area contributed by atoms with Gasteiger partial charge in [-0.2, -0.15) is 0 Å². The van der Waals surface area contributed by atoms with Gasteiger partial charge in [-0.15, -0.1) is 6.58 Å². The molecule has 1 fully saturated rings. The van der Waals surface area contributed by atoms with Crippen LogP contribution < -0.4 is 9.47 Å². The predicted molar refractivity (Wildman–Crippen MR) is 101 cm³/mol. The summed E-state index contributed by atoms with van der Waals surface area (Å²) in [6, 6.07) is 3.68. The van der Waals surface area contributed by atoms with Crippen molar-refractivity contribution in [2.24, 2.45) is 0 Å². The summed E-state index contributed by atoms with van der Waals surface area (Å²) in [5.74, 6) is -0.0555. The first-order chi connectivity index (χ1) is 13.5. The maximum atomic E-state index is 13.1. The number of ether oxygens (including phenoxy) is 6. The highest BCUT2D eigenvalue weighted by molar-refractivity contribution is 5.92. The Labute approximate surface area is 165 Å². The maximum absolute atomic E-state index is 13.1. The van der Waals surface area contributed by atoms with Crippen molar-refractivity contribution >= 4 is 5.97 Å². The number of esters is 1. The first-order valence-electron chi connectivity index (χ1n) is 9.38. The maximum Gasteiger partial charge on any atom is 0.322 e. The van der Waals surface area contributed by atoms with Crippen molar-refractivity contribution < 1.29 is 33.2 Å². The van der Waals surface area contributed by atoms with E-state index in [1.165, 1.54) is 0 Å². The molecule has 154 valence electrons. The van der Waals surface area contributed by atoms with Crippen LogP contribution in [0.3, 0.4) is 0 Å². The first-order valence-corrected chi connectivity index (χ1v) is 9.38. The van der Waals surface area contributed by atoms with Gasteiger partial charge in [0.25, 0.3) is 0 Å². The number of hydrogen-bond donors (Lipinski definition) is 0. The molecule has 1 saturated heterocycles. The summed E-state index contributed by atoms with van der Waals surface area (Å²) < 4.78 is 33.2. The van der Waals surface area contributed by atoms with Crippen LogP contribution in [0, 0.1) is 0 Å². The summed E-state index contributed by atoms with van der Waals surface area (Å²) in [7, 11) is 3.12. The highest BCUT2D eigenvalue weighted by Crippen LogP contribution is 2.52. The molecule has 28 heavy (non-hydrogen) atoms. The molecule has 7 nitrogen and oxygen atoms in total. The van der Waals surface area contributed by atoms with Crippen LogP contribution in [0.5, 0.6) is 11.5 Å². The quantitative estimate of drug-likeness (QED) is 0.199. The van der Waals surface area contributed by atoms with E-state index in [0.29, 0.717) is 50.6 Å². The molecule has 0 radical (unpaired) electrons. The largest absolute Gasteiger partial charge is 0.493 e. The fourth-order valence-electron chi connectivity index (χ4n) is 3.94. The molecule has 0 N–H and O–H groups in total. The molecule has 0 spiro atoms. The summed E-state index contributed by atoms with van der Waals surface area (Å²) >= 11 is 0. The third-order valence-electron chi connectivity index (χ3n) is 5.35. The zero-order chi connectivity index (χ0) is 20.2. The molecule has 2 aliphatic heterocycles. The number of hydrogen-bond acceptors (Lipinski definition) is 7.